The van der Waals surface area contributed by atoms with Crippen molar-refractivity contribution >= 4 is 32.3 Å². The molecule has 1 aromatic heterocycles. The lowest BCUT2D eigenvalue weighted by atomic mass is 10.1. The number of nitrogens with zero attached hydrogens (tertiary/aromatic N) is 3. The van der Waals surface area contributed by atoms with Crippen LogP contribution in [-0.4, -0.2) is 70.8 Å². The van der Waals surface area contributed by atoms with E-state index in [1.165, 1.54) is 11.3 Å². The Hall–Kier alpha value is -1.32. The molecule has 0 amide bonds. The van der Waals surface area contributed by atoms with E-state index in [0.29, 0.717) is 6.54 Å². The van der Waals surface area contributed by atoms with Gasteiger partial charge in [-0.1, -0.05) is 0 Å². The maximum absolute atomic E-state index is 11.4. The van der Waals surface area contributed by atoms with E-state index < -0.39 is 15.6 Å². The fourth-order valence-corrected chi connectivity index (χ4v) is 4.62. The van der Waals surface area contributed by atoms with Crippen LogP contribution in [0.5, 0.6) is 0 Å². The van der Waals surface area contributed by atoms with Gasteiger partial charge in [0.2, 0.25) is 10.0 Å². The minimum Gasteiger partial charge on any atom is -0.360 e. The number of piperazine rings is 1. The van der Waals surface area contributed by atoms with Crippen molar-refractivity contribution in [2.45, 2.75) is 19.4 Å². The fraction of sp³-hybridized carbons (Fsp3) is 0.667. The second-order valence-electron chi connectivity index (χ2n) is 6.58. The van der Waals surface area contributed by atoms with Crippen LogP contribution >= 0.6 is 11.3 Å². The van der Waals surface area contributed by atoms with E-state index in [-0.39, 0.29) is 0 Å². The van der Waals surface area contributed by atoms with Crippen molar-refractivity contribution in [3.8, 4) is 0 Å². The molecule has 0 aromatic carbocycles. The summed E-state index contributed by atoms with van der Waals surface area (Å²) in [4.78, 5) is 8.92. The molecule has 1 aliphatic rings. The van der Waals surface area contributed by atoms with Gasteiger partial charge in [-0.05, 0) is 31.4 Å². The normalized spacial score (nSPS) is 17.2. The van der Waals surface area contributed by atoms with Gasteiger partial charge in [-0.3, -0.25) is 4.99 Å². The highest BCUT2D eigenvalue weighted by Crippen LogP contribution is 2.22. The SMILES string of the molecule is CN=C(NCC(C)(C)NS(C)(=O)=O)N1CCN(c2cccs2)CC1. The van der Waals surface area contributed by atoms with Crippen molar-refractivity contribution < 1.29 is 8.42 Å². The van der Waals surface area contributed by atoms with Crippen molar-refractivity contribution in [3.05, 3.63) is 17.5 Å². The van der Waals surface area contributed by atoms with Gasteiger partial charge in [0, 0.05) is 45.3 Å². The molecule has 136 valence electrons. The van der Waals surface area contributed by atoms with Gasteiger partial charge in [0.15, 0.2) is 5.96 Å². The van der Waals surface area contributed by atoms with Gasteiger partial charge in [-0.15, -0.1) is 11.3 Å². The molecular formula is C15H27N5O2S2. The van der Waals surface area contributed by atoms with Crippen molar-refractivity contribution in [2.24, 2.45) is 4.99 Å². The standard InChI is InChI=1S/C15H27N5O2S2/c1-15(2,18-24(4,21)22)12-17-14(16-3)20-9-7-19(8-10-20)13-6-5-11-23-13/h5-6,11,18H,7-10,12H2,1-4H3,(H,16,17). The zero-order valence-corrected chi connectivity index (χ0v) is 16.4. The molecule has 0 spiro atoms. The third-order valence-corrected chi connectivity index (χ3v) is 5.61. The van der Waals surface area contributed by atoms with Gasteiger partial charge in [0.25, 0.3) is 0 Å². The topological polar surface area (TPSA) is 77.0 Å². The van der Waals surface area contributed by atoms with E-state index in [9.17, 15) is 8.42 Å². The lowest BCUT2D eigenvalue weighted by Crippen LogP contribution is -2.56. The van der Waals surface area contributed by atoms with Crippen molar-refractivity contribution in [1.82, 2.24) is 14.9 Å². The van der Waals surface area contributed by atoms with E-state index in [2.05, 4.69) is 42.3 Å². The number of nitrogens with one attached hydrogen (secondary N) is 2. The Labute approximate surface area is 148 Å². The number of rotatable bonds is 5. The van der Waals surface area contributed by atoms with E-state index in [1.54, 1.807) is 18.4 Å². The second-order valence-corrected chi connectivity index (χ2v) is 9.26. The predicted octanol–water partition coefficient (Wildman–Crippen LogP) is 0.773. The molecule has 24 heavy (non-hydrogen) atoms. The average Bonchev–Trinajstić information content (AvgIpc) is 3.00. The third-order valence-electron chi connectivity index (χ3n) is 3.76. The molecule has 1 aliphatic heterocycles. The summed E-state index contributed by atoms with van der Waals surface area (Å²) in [7, 11) is -1.49. The molecule has 0 bridgehead atoms. The molecule has 2 heterocycles. The first kappa shape index (κ1) is 19.0. The predicted molar refractivity (Wildman–Crippen MR) is 102 cm³/mol. The van der Waals surface area contributed by atoms with E-state index >= 15 is 0 Å². The van der Waals surface area contributed by atoms with Gasteiger partial charge < -0.3 is 15.1 Å². The second kappa shape index (κ2) is 7.71. The van der Waals surface area contributed by atoms with Crippen molar-refractivity contribution in [1.29, 1.82) is 0 Å². The van der Waals surface area contributed by atoms with Crippen LogP contribution in [0, 0.1) is 0 Å². The number of hydrogen-bond donors (Lipinski definition) is 2. The van der Waals surface area contributed by atoms with Crippen LogP contribution in [0.25, 0.3) is 0 Å². The minimum atomic E-state index is -3.24. The monoisotopic (exact) mass is 373 g/mol. The number of anilines is 1. The van der Waals surface area contributed by atoms with Gasteiger partial charge in [0.1, 0.15) is 0 Å². The molecule has 2 N–H and O–H groups in total. The fourth-order valence-electron chi connectivity index (χ4n) is 2.76. The van der Waals surface area contributed by atoms with Crippen LogP contribution < -0.4 is 14.9 Å². The summed E-state index contributed by atoms with van der Waals surface area (Å²) in [6, 6.07) is 4.22. The Kier molecular flexibility index (Phi) is 6.11. The van der Waals surface area contributed by atoms with E-state index in [0.717, 1.165) is 32.1 Å². The van der Waals surface area contributed by atoms with Crippen LogP contribution in [0.1, 0.15) is 13.8 Å². The van der Waals surface area contributed by atoms with Gasteiger partial charge >= 0.3 is 0 Å². The summed E-state index contributed by atoms with van der Waals surface area (Å²) >= 11 is 1.76. The molecule has 0 aliphatic carbocycles. The molecular weight excluding hydrogens is 346 g/mol. The highest BCUT2D eigenvalue weighted by molar-refractivity contribution is 7.88. The Morgan fingerprint density at radius 1 is 1.33 bits per heavy atom. The molecule has 0 unspecified atom stereocenters. The van der Waals surface area contributed by atoms with Crippen LogP contribution in [0.4, 0.5) is 5.00 Å². The molecule has 0 radical (unpaired) electrons. The molecule has 1 saturated heterocycles. The zero-order chi connectivity index (χ0) is 17.8. The molecule has 2 rings (SSSR count). The quantitative estimate of drug-likeness (QED) is 0.589. The van der Waals surface area contributed by atoms with Crippen LogP contribution in [0.3, 0.4) is 0 Å². The summed E-state index contributed by atoms with van der Waals surface area (Å²) in [6.07, 6.45) is 1.17. The first-order valence-corrected chi connectivity index (χ1v) is 10.7. The first-order chi connectivity index (χ1) is 11.2. The maximum Gasteiger partial charge on any atom is 0.209 e. The van der Waals surface area contributed by atoms with E-state index in [1.807, 2.05) is 13.8 Å². The number of aliphatic imine (C=N–C) groups is 1. The number of hydrogen-bond acceptors (Lipinski definition) is 5. The van der Waals surface area contributed by atoms with Gasteiger partial charge in [-0.2, -0.15) is 0 Å². The molecule has 0 saturated carbocycles. The summed E-state index contributed by atoms with van der Waals surface area (Å²) < 4.78 is 25.5. The Morgan fingerprint density at radius 2 is 2.00 bits per heavy atom. The van der Waals surface area contributed by atoms with Gasteiger partial charge in [-0.25, -0.2) is 13.1 Å². The van der Waals surface area contributed by atoms with Crippen LogP contribution in [0.15, 0.2) is 22.5 Å². The Morgan fingerprint density at radius 3 is 2.50 bits per heavy atom. The van der Waals surface area contributed by atoms with E-state index in [4.69, 9.17) is 0 Å². The largest absolute Gasteiger partial charge is 0.360 e. The summed E-state index contributed by atoms with van der Waals surface area (Å²) in [6.45, 7) is 7.84. The highest BCUT2D eigenvalue weighted by atomic mass is 32.2. The lowest BCUT2D eigenvalue weighted by Gasteiger charge is -2.37. The molecule has 0 atom stereocenters. The average molecular weight is 374 g/mol. The molecule has 9 heteroatoms. The van der Waals surface area contributed by atoms with Crippen molar-refractivity contribution in [2.75, 3.05) is 50.9 Å². The number of guanidine groups is 1. The summed E-state index contributed by atoms with van der Waals surface area (Å²) in [5.74, 6) is 0.809. The first-order valence-electron chi connectivity index (χ1n) is 7.93. The summed E-state index contributed by atoms with van der Waals surface area (Å²) in [5, 5.41) is 6.68. The van der Waals surface area contributed by atoms with Crippen LogP contribution in [-0.2, 0) is 10.0 Å². The molecule has 7 nitrogen and oxygen atoms in total. The molecule has 1 aromatic rings. The molecule has 1 fully saturated rings. The lowest BCUT2D eigenvalue weighted by molar-refractivity contribution is 0.363. The summed E-state index contributed by atoms with van der Waals surface area (Å²) in [5.41, 5.74) is -0.581. The smallest absolute Gasteiger partial charge is 0.209 e. The zero-order valence-electron chi connectivity index (χ0n) is 14.7. The number of sulfonamides is 1. The maximum atomic E-state index is 11.4. The Balaban J connectivity index is 1.87. The Bertz CT molecular complexity index is 647. The van der Waals surface area contributed by atoms with Crippen LogP contribution in [0.2, 0.25) is 0 Å². The van der Waals surface area contributed by atoms with Crippen molar-refractivity contribution in [3.63, 3.8) is 0 Å². The third kappa shape index (κ3) is 5.64. The minimum absolute atomic E-state index is 0.470. The van der Waals surface area contributed by atoms with Gasteiger partial charge in [0.05, 0.1) is 11.3 Å². The highest BCUT2D eigenvalue weighted by Gasteiger charge is 2.25. The number of thiophene rings is 1.